The van der Waals surface area contributed by atoms with Crippen molar-refractivity contribution in [1.82, 2.24) is 14.1 Å². The Morgan fingerprint density at radius 3 is 2.19 bits per heavy atom. The highest BCUT2D eigenvalue weighted by molar-refractivity contribution is 7.89. The molecule has 2 aromatic carbocycles. The predicted molar refractivity (Wildman–Crippen MR) is 135 cm³/mol. The topological polar surface area (TPSA) is 107 Å². The summed E-state index contributed by atoms with van der Waals surface area (Å²) >= 11 is 0. The second-order valence-corrected chi connectivity index (χ2v) is 11.3. The number of carbonyl (C=O) groups is 2. The highest BCUT2D eigenvalue weighted by atomic mass is 32.2. The van der Waals surface area contributed by atoms with Crippen molar-refractivity contribution in [3.05, 3.63) is 70.8 Å². The van der Waals surface area contributed by atoms with Gasteiger partial charge in [-0.15, -0.1) is 0 Å². The largest absolute Gasteiger partial charge is 0.507 e. The molecule has 10 heteroatoms. The number of ether oxygens (including phenoxy) is 1. The monoisotopic (exact) mass is 513 g/mol. The predicted octanol–water partition coefficient (Wildman–Crippen LogP) is 2.00. The van der Waals surface area contributed by atoms with E-state index in [9.17, 15) is 23.1 Å². The first kappa shape index (κ1) is 26.0. The van der Waals surface area contributed by atoms with Gasteiger partial charge in [0.15, 0.2) is 0 Å². The SMILES string of the molecule is Cc1ccc([C@H]2/C(=C(\O)c3ccc(S(=O)(=O)N(C)C)cc3)C(=O)C(=O)N2CCN2CCOCC2)cc1. The summed E-state index contributed by atoms with van der Waals surface area (Å²) in [6.07, 6.45) is 0. The molecule has 0 aromatic heterocycles. The van der Waals surface area contributed by atoms with Crippen LogP contribution in [-0.2, 0) is 24.3 Å². The van der Waals surface area contributed by atoms with Crippen LogP contribution in [0.25, 0.3) is 5.76 Å². The van der Waals surface area contributed by atoms with Crippen molar-refractivity contribution in [3.8, 4) is 0 Å². The lowest BCUT2D eigenvalue weighted by Crippen LogP contribution is -2.42. The van der Waals surface area contributed by atoms with E-state index in [2.05, 4.69) is 4.90 Å². The van der Waals surface area contributed by atoms with E-state index < -0.39 is 27.8 Å². The minimum Gasteiger partial charge on any atom is -0.507 e. The molecule has 4 rings (SSSR count). The van der Waals surface area contributed by atoms with E-state index in [0.717, 1.165) is 28.5 Å². The van der Waals surface area contributed by atoms with Gasteiger partial charge < -0.3 is 14.7 Å². The van der Waals surface area contributed by atoms with Gasteiger partial charge in [0.05, 0.1) is 29.7 Å². The molecule has 2 aliphatic heterocycles. The quantitative estimate of drug-likeness (QED) is 0.343. The zero-order valence-corrected chi connectivity index (χ0v) is 21.5. The van der Waals surface area contributed by atoms with E-state index in [1.807, 2.05) is 31.2 Å². The van der Waals surface area contributed by atoms with Crippen LogP contribution in [0, 0.1) is 6.92 Å². The average molecular weight is 514 g/mol. The molecule has 2 fully saturated rings. The number of aliphatic hydroxyl groups is 1. The lowest BCUT2D eigenvalue weighted by atomic mass is 9.95. The van der Waals surface area contributed by atoms with Crippen molar-refractivity contribution >= 4 is 27.5 Å². The lowest BCUT2D eigenvalue weighted by molar-refractivity contribution is -0.140. The van der Waals surface area contributed by atoms with Gasteiger partial charge in [0.25, 0.3) is 11.7 Å². The lowest BCUT2D eigenvalue weighted by Gasteiger charge is -2.31. The fourth-order valence-electron chi connectivity index (χ4n) is 4.43. The Kier molecular flexibility index (Phi) is 7.60. The van der Waals surface area contributed by atoms with E-state index in [0.29, 0.717) is 26.3 Å². The van der Waals surface area contributed by atoms with Gasteiger partial charge in [0.1, 0.15) is 5.76 Å². The second-order valence-electron chi connectivity index (χ2n) is 9.17. The molecule has 0 unspecified atom stereocenters. The smallest absolute Gasteiger partial charge is 0.295 e. The van der Waals surface area contributed by atoms with Crippen LogP contribution in [0.15, 0.2) is 59.0 Å². The Hall–Kier alpha value is -3.05. The van der Waals surface area contributed by atoms with Gasteiger partial charge in [-0.05, 0) is 36.8 Å². The zero-order chi connectivity index (χ0) is 26.0. The minimum atomic E-state index is -3.65. The third-order valence-corrected chi connectivity index (χ3v) is 8.43. The fourth-order valence-corrected chi connectivity index (χ4v) is 5.33. The van der Waals surface area contributed by atoms with E-state index in [1.54, 1.807) is 0 Å². The standard InChI is InChI=1S/C26H31N3O6S/c1-18-4-6-19(7-5-18)23-22(24(30)20-8-10-21(11-9-20)36(33,34)27(2)3)25(31)26(32)29(23)13-12-28-14-16-35-17-15-28/h4-11,23,30H,12-17H2,1-3H3/b24-22+/t23-/m0/s1. The molecular weight excluding hydrogens is 482 g/mol. The number of likely N-dealkylation sites (tertiary alicyclic amines) is 1. The number of aliphatic hydroxyl groups excluding tert-OH is 1. The minimum absolute atomic E-state index is 0.00551. The summed E-state index contributed by atoms with van der Waals surface area (Å²) in [4.78, 5) is 30.1. The van der Waals surface area contributed by atoms with Gasteiger partial charge in [0, 0.05) is 45.8 Å². The Morgan fingerprint density at radius 1 is 1.00 bits per heavy atom. The molecule has 2 aliphatic rings. The van der Waals surface area contributed by atoms with E-state index >= 15 is 0 Å². The molecule has 1 amide bonds. The van der Waals surface area contributed by atoms with E-state index in [1.165, 1.54) is 43.3 Å². The van der Waals surface area contributed by atoms with Crippen molar-refractivity contribution in [1.29, 1.82) is 0 Å². The van der Waals surface area contributed by atoms with Gasteiger partial charge in [-0.1, -0.05) is 29.8 Å². The Morgan fingerprint density at radius 2 is 1.61 bits per heavy atom. The van der Waals surface area contributed by atoms with Gasteiger partial charge in [0.2, 0.25) is 10.0 Å². The van der Waals surface area contributed by atoms with Gasteiger partial charge in [-0.25, -0.2) is 12.7 Å². The number of Topliss-reactive ketones (excluding diaryl/α,β-unsaturated/α-hetero) is 1. The molecule has 0 saturated carbocycles. The molecule has 2 saturated heterocycles. The number of amides is 1. The molecule has 0 spiro atoms. The van der Waals surface area contributed by atoms with Crippen LogP contribution in [0.4, 0.5) is 0 Å². The summed E-state index contributed by atoms with van der Waals surface area (Å²) in [7, 11) is -0.782. The molecule has 0 radical (unpaired) electrons. The van der Waals surface area contributed by atoms with Gasteiger partial charge >= 0.3 is 0 Å². The molecule has 0 aliphatic carbocycles. The maximum Gasteiger partial charge on any atom is 0.295 e. The van der Waals surface area contributed by atoms with Crippen LogP contribution in [0.2, 0.25) is 0 Å². The first-order valence-electron chi connectivity index (χ1n) is 11.8. The maximum atomic E-state index is 13.2. The number of carbonyl (C=O) groups excluding carboxylic acids is 2. The summed E-state index contributed by atoms with van der Waals surface area (Å²) in [6, 6.07) is 12.4. The van der Waals surface area contributed by atoms with Crippen LogP contribution < -0.4 is 0 Å². The van der Waals surface area contributed by atoms with Crippen molar-refractivity contribution < 1.29 is 27.9 Å². The molecule has 1 N–H and O–H groups in total. The summed E-state index contributed by atoms with van der Waals surface area (Å²) in [5, 5.41) is 11.2. The zero-order valence-electron chi connectivity index (χ0n) is 20.7. The number of rotatable bonds is 7. The first-order valence-corrected chi connectivity index (χ1v) is 13.2. The Balaban J connectivity index is 1.72. The molecule has 192 valence electrons. The number of sulfonamides is 1. The van der Waals surface area contributed by atoms with Crippen molar-refractivity contribution in [2.24, 2.45) is 0 Å². The molecule has 2 heterocycles. The highest BCUT2D eigenvalue weighted by Gasteiger charge is 2.46. The first-order chi connectivity index (χ1) is 17.1. The Labute approximate surface area is 211 Å². The second kappa shape index (κ2) is 10.5. The van der Waals surface area contributed by atoms with Crippen molar-refractivity contribution in [2.75, 3.05) is 53.5 Å². The number of morpholine rings is 1. The maximum absolute atomic E-state index is 13.2. The van der Waals surface area contributed by atoms with Gasteiger partial charge in [-0.2, -0.15) is 0 Å². The molecular formula is C26H31N3O6S. The molecule has 9 nitrogen and oxygen atoms in total. The molecule has 0 bridgehead atoms. The fraction of sp³-hybridized carbons (Fsp3) is 0.385. The number of hydrogen-bond acceptors (Lipinski definition) is 7. The van der Waals surface area contributed by atoms with Crippen LogP contribution in [-0.4, -0.2) is 92.8 Å². The summed E-state index contributed by atoms with van der Waals surface area (Å²) in [5.74, 6) is -1.76. The van der Waals surface area contributed by atoms with Crippen LogP contribution in [0.5, 0.6) is 0 Å². The normalized spacial score (nSPS) is 20.9. The third kappa shape index (κ3) is 5.08. The summed E-state index contributed by atoms with van der Waals surface area (Å²) in [5.41, 5.74) is 2.00. The third-order valence-electron chi connectivity index (χ3n) is 6.60. The van der Waals surface area contributed by atoms with Crippen LogP contribution in [0.1, 0.15) is 22.7 Å². The van der Waals surface area contributed by atoms with Gasteiger partial charge in [-0.3, -0.25) is 14.5 Å². The number of hydrogen-bond donors (Lipinski definition) is 1. The molecule has 36 heavy (non-hydrogen) atoms. The van der Waals surface area contributed by atoms with Crippen LogP contribution in [0.3, 0.4) is 0 Å². The number of ketones is 1. The average Bonchev–Trinajstić information content (AvgIpc) is 3.13. The number of benzene rings is 2. The Bertz CT molecular complexity index is 1260. The number of aryl methyl sites for hydroxylation is 1. The van der Waals surface area contributed by atoms with Crippen molar-refractivity contribution in [2.45, 2.75) is 17.9 Å². The van der Waals surface area contributed by atoms with Crippen LogP contribution >= 0.6 is 0 Å². The highest BCUT2D eigenvalue weighted by Crippen LogP contribution is 2.39. The van der Waals surface area contributed by atoms with Crippen molar-refractivity contribution in [3.63, 3.8) is 0 Å². The van der Waals surface area contributed by atoms with E-state index in [4.69, 9.17) is 4.74 Å². The summed E-state index contributed by atoms with van der Waals surface area (Å²) < 4.78 is 31.3. The number of nitrogens with zero attached hydrogens (tertiary/aromatic N) is 3. The molecule has 1 atom stereocenters. The summed E-state index contributed by atoms with van der Waals surface area (Å²) in [6.45, 7) is 5.60. The molecule has 2 aromatic rings. The van der Waals surface area contributed by atoms with E-state index in [-0.39, 0.29) is 21.8 Å².